The van der Waals surface area contributed by atoms with Crippen molar-refractivity contribution in [2.75, 3.05) is 0 Å². The van der Waals surface area contributed by atoms with Gasteiger partial charge in [-0.05, 0) is 36.4 Å². The number of nitriles is 1. The molecule has 4 rings (SSSR count). The van der Waals surface area contributed by atoms with Gasteiger partial charge in [-0.1, -0.05) is 0 Å². The van der Waals surface area contributed by atoms with E-state index in [1.165, 1.54) is 12.1 Å². The lowest BCUT2D eigenvalue weighted by molar-refractivity contribution is 0.624. The van der Waals surface area contributed by atoms with Crippen molar-refractivity contribution in [1.29, 1.82) is 5.26 Å². The van der Waals surface area contributed by atoms with Gasteiger partial charge in [0.05, 0.1) is 22.9 Å². The van der Waals surface area contributed by atoms with Crippen molar-refractivity contribution < 1.29 is 4.39 Å². The van der Waals surface area contributed by atoms with Gasteiger partial charge in [0.2, 0.25) is 0 Å². The second-order valence-electron chi connectivity index (χ2n) is 5.46. The number of nitrogens with zero attached hydrogens (tertiary/aromatic N) is 5. The Morgan fingerprint density at radius 1 is 1.12 bits per heavy atom. The number of benzene rings is 2. The molecule has 4 aromatic rings. The Morgan fingerprint density at radius 3 is 2.83 bits per heavy atom. The van der Waals surface area contributed by atoms with Gasteiger partial charge in [-0.2, -0.15) is 5.26 Å². The van der Waals surface area contributed by atoms with Gasteiger partial charge in [-0.15, -0.1) is 0 Å². The monoisotopic (exact) mass is 317 g/mol. The molecule has 0 amide bonds. The van der Waals surface area contributed by atoms with Crippen LogP contribution >= 0.6 is 0 Å². The Bertz CT molecular complexity index is 1100. The maximum atomic E-state index is 13.6. The van der Waals surface area contributed by atoms with E-state index in [-0.39, 0.29) is 5.56 Å². The summed E-state index contributed by atoms with van der Waals surface area (Å²) >= 11 is 0. The third-order valence-electron chi connectivity index (χ3n) is 3.97. The molecule has 0 fully saturated rings. The average Bonchev–Trinajstić information content (AvgIpc) is 3.22. The Hall–Kier alpha value is -3.46. The predicted octanol–water partition coefficient (Wildman–Crippen LogP) is 3.44. The van der Waals surface area contributed by atoms with E-state index in [4.69, 9.17) is 5.26 Å². The lowest BCUT2D eigenvalue weighted by Gasteiger charge is -2.09. The molecule has 2 aromatic heterocycles. The van der Waals surface area contributed by atoms with Crippen LogP contribution in [0, 0.1) is 17.1 Å². The second-order valence-corrected chi connectivity index (χ2v) is 5.46. The first kappa shape index (κ1) is 14.2. The van der Waals surface area contributed by atoms with Crippen molar-refractivity contribution in [2.24, 2.45) is 7.05 Å². The van der Waals surface area contributed by atoms with Gasteiger partial charge >= 0.3 is 0 Å². The van der Waals surface area contributed by atoms with Crippen LogP contribution in [0.25, 0.3) is 28.1 Å². The van der Waals surface area contributed by atoms with Crippen molar-refractivity contribution in [3.63, 3.8) is 0 Å². The van der Waals surface area contributed by atoms with Crippen LogP contribution in [0.1, 0.15) is 5.56 Å². The Kier molecular flexibility index (Phi) is 3.14. The van der Waals surface area contributed by atoms with Gasteiger partial charge in [0, 0.05) is 30.7 Å². The van der Waals surface area contributed by atoms with E-state index in [0.717, 1.165) is 16.7 Å². The molecule has 0 spiro atoms. The molecule has 0 saturated heterocycles. The van der Waals surface area contributed by atoms with Crippen LogP contribution in [0.5, 0.6) is 0 Å². The number of rotatable bonds is 2. The van der Waals surface area contributed by atoms with Crippen molar-refractivity contribution in [3.8, 4) is 23.1 Å². The smallest absolute Gasteiger partial charge is 0.144 e. The van der Waals surface area contributed by atoms with Gasteiger partial charge < -0.3 is 4.57 Å². The van der Waals surface area contributed by atoms with Crippen LogP contribution in [0.2, 0.25) is 0 Å². The zero-order valence-corrected chi connectivity index (χ0v) is 12.8. The molecule has 2 aromatic carbocycles. The molecular weight excluding hydrogens is 305 g/mol. The summed E-state index contributed by atoms with van der Waals surface area (Å²) in [4.78, 5) is 8.68. The highest BCUT2D eigenvalue weighted by molar-refractivity contribution is 5.78. The Morgan fingerprint density at radius 2 is 2.00 bits per heavy atom. The normalized spacial score (nSPS) is 10.9. The van der Waals surface area contributed by atoms with Crippen LogP contribution in [0.4, 0.5) is 4.39 Å². The lowest BCUT2D eigenvalue weighted by Crippen LogP contribution is -1.98. The van der Waals surface area contributed by atoms with Crippen LogP contribution in [0.15, 0.2) is 55.1 Å². The summed E-state index contributed by atoms with van der Waals surface area (Å²) < 4.78 is 17.4. The van der Waals surface area contributed by atoms with Crippen molar-refractivity contribution in [3.05, 3.63) is 66.5 Å². The van der Waals surface area contributed by atoms with E-state index in [0.29, 0.717) is 11.4 Å². The molecule has 0 bridgehead atoms. The number of aromatic nitrogens is 4. The highest BCUT2D eigenvalue weighted by Gasteiger charge is 2.12. The fourth-order valence-electron chi connectivity index (χ4n) is 2.74. The van der Waals surface area contributed by atoms with Gasteiger partial charge in [0.15, 0.2) is 0 Å². The van der Waals surface area contributed by atoms with Crippen LogP contribution < -0.4 is 0 Å². The minimum Gasteiger partial charge on any atom is -0.334 e. The maximum absolute atomic E-state index is 13.6. The lowest BCUT2D eigenvalue weighted by atomic mass is 10.1. The molecule has 5 nitrogen and oxygen atoms in total. The minimum atomic E-state index is -0.532. The zero-order chi connectivity index (χ0) is 16.7. The van der Waals surface area contributed by atoms with Crippen molar-refractivity contribution in [1.82, 2.24) is 19.1 Å². The molecule has 2 heterocycles. The Labute approximate surface area is 137 Å². The molecule has 0 aliphatic carbocycles. The largest absolute Gasteiger partial charge is 0.334 e. The average molecular weight is 317 g/mol. The molecule has 116 valence electrons. The summed E-state index contributed by atoms with van der Waals surface area (Å²) in [5.41, 5.74) is 3.52. The van der Waals surface area contributed by atoms with Gasteiger partial charge in [-0.25, -0.2) is 14.4 Å². The number of hydrogen-bond donors (Lipinski definition) is 0. The number of fused-ring (bicyclic) bond motifs is 1. The van der Waals surface area contributed by atoms with Gasteiger partial charge in [0.25, 0.3) is 0 Å². The highest BCUT2D eigenvalue weighted by Crippen LogP contribution is 2.25. The van der Waals surface area contributed by atoms with E-state index >= 15 is 0 Å². The van der Waals surface area contributed by atoms with E-state index < -0.39 is 5.82 Å². The zero-order valence-electron chi connectivity index (χ0n) is 12.8. The summed E-state index contributed by atoms with van der Waals surface area (Å²) in [5.74, 6) is 0.115. The number of aryl methyl sites for hydroxylation is 1. The molecule has 0 saturated carbocycles. The molecule has 0 aliphatic heterocycles. The minimum absolute atomic E-state index is 0.00383. The summed E-state index contributed by atoms with van der Waals surface area (Å²) in [7, 11) is 1.94. The molecule has 0 radical (unpaired) electrons. The first-order chi connectivity index (χ1) is 11.7. The van der Waals surface area contributed by atoms with E-state index in [1.54, 1.807) is 18.6 Å². The predicted molar refractivity (Wildman–Crippen MR) is 87.9 cm³/mol. The molecule has 0 aliphatic rings. The third-order valence-corrected chi connectivity index (χ3v) is 3.97. The topological polar surface area (TPSA) is 59.4 Å². The molecular formula is C18H12FN5. The van der Waals surface area contributed by atoms with Crippen LogP contribution in [-0.4, -0.2) is 19.1 Å². The summed E-state index contributed by atoms with van der Waals surface area (Å²) in [5, 5.41) is 9.03. The molecule has 24 heavy (non-hydrogen) atoms. The number of imidazole rings is 2. The van der Waals surface area contributed by atoms with E-state index in [2.05, 4.69) is 9.97 Å². The summed E-state index contributed by atoms with van der Waals surface area (Å²) in [6.45, 7) is 0. The van der Waals surface area contributed by atoms with E-state index in [9.17, 15) is 4.39 Å². The molecule has 0 unspecified atom stereocenters. The quantitative estimate of drug-likeness (QED) is 0.569. The molecule has 6 heteroatoms. The molecule has 0 N–H and O–H groups in total. The van der Waals surface area contributed by atoms with Gasteiger partial charge in [-0.3, -0.25) is 4.57 Å². The number of hydrogen-bond acceptors (Lipinski definition) is 3. The highest BCUT2D eigenvalue weighted by atomic mass is 19.1. The summed E-state index contributed by atoms with van der Waals surface area (Å²) in [6, 6.07) is 12.2. The van der Waals surface area contributed by atoms with Crippen molar-refractivity contribution >= 4 is 11.0 Å². The standard InChI is InChI=1S/C18H12FN5/c1-23-11-22-16-5-3-14(9-17(16)23)24-7-6-21-18(24)12-2-4-15(19)13(8-12)10-20/h2-9,11H,1H3. The Balaban J connectivity index is 1.87. The fourth-order valence-corrected chi connectivity index (χ4v) is 2.74. The first-order valence-corrected chi connectivity index (χ1v) is 7.32. The van der Waals surface area contributed by atoms with E-state index in [1.807, 2.05) is 46.6 Å². The third kappa shape index (κ3) is 2.15. The molecule has 0 atom stereocenters. The van der Waals surface area contributed by atoms with Crippen molar-refractivity contribution in [2.45, 2.75) is 0 Å². The number of halogens is 1. The summed E-state index contributed by atoms with van der Waals surface area (Å²) in [6.07, 6.45) is 5.28. The fraction of sp³-hybridized carbons (Fsp3) is 0.0556. The SMILES string of the molecule is Cn1cnc2ccc(-n3ccnc3-c3ccc(F)c(C#N)c3)cc21. The first-order valence-electron chi connectivity index (χ1n) is 7.32. The maximum Gasteiger partial charge on any atom is 0.144 e. The van der Waals surface area contributed by atoms with Gasteiger partial charge in [0.1, 0.15) is 17.7 Å². The second kappa shape index (κ2) is 5.32. The van der Waals surface area contributed by atoms with Crippen LogP contribution in [0.3, 0.4) is 0 Å². The van der Waals surface area contributed by atoms with Crippen LogP contribution in [-0.2, 0) is 7.05 Å².